The molecule has 12 aromatic rings. The Labute approximate surface area is 864 Å². The van der Waals surface area contributed by atoms with Gasteiger partial charge in [-0.2, -0.15) is 0 Å². The number of carbonyl (C=O) groups is 6. The molecule has 1 aliphatic carbocycles. The van der Waals surface area contributed by atoms with E-state index in [4.69, 9.17) is 33.2 Å². The molecule has 1 saturated carbocycles. The van der Waals surface area contributed by atoms with E-state index in [0.29, 0.717) is 84.3 Å². The van der Waals surface area contributed by atoms with E-state index < -0.39 is 0 Å². The Morgan fingerprint density at radius 2 is 0.507 bits per heavy atom. The van der Waals surface area contributed by atoms with E-state index in [0.717, 1.165) is 168 Å². The molecule has 0 atom stereocenters. The fourth-order valence-electron chi connectivity index (χ4n) is 14.6. The van der Waals surface area contributed by atoms with Gasteiger partial charge in [0.05, 0.1) is 78.6 Å². The summed E-state index contributed by atoms with van der Waals surface area (Å²) in [4.78, 5) is 70.3. The molecular weight excluding hydrogens is 2130 g/mol. The molecular formula is C112H126Br6N6O14. The van der Waals surface area contributed by atoms with Gasteiger partial charge >= 0.3 is 0 Å². The average Bonchev–Trinajstić information content (AvgIpc) is 1.67. The van der Waals surface area contributed by atoms with E-state index in [-0.39, 0.29) is 48.5 Å². The van der Waals surface area contributed by atoms with E-state index >= 15 is 0 Å². The molecule has 0 unspecified atom stereocenters. The van der Waals surface area contributed by atoms with Crippen molar-refractivity contribution < 1.29 is 67.0 Å². The molecule has 13 rings (SSSR count). The van der Waals surface area contributed by atoms with E-state index in [2.05, 4.69) is 160 Å². The fourth-order valence-corrected chi connectivity index (χ4v) is 18.3. The molecule has 730 valence electrons. The number of amides is 6. The zero-order valence-electron chi connectivity index (χ0n) is 81.4. The van der Waals surface area contributed by atoms with Crippen molar-refractivity contribution in [1.29, 1.82) is 0 Å². The number of aliphatic hydroxyl groups is 1. The largest absolute Gasteiger partial charge is 0.493 e. The van der Waals surface area contributed by atoms with Gasteiger partial charge in [-0.3, -0.25) is 28.8 Å². The Hall–Kier alpha value is -11.1. The zero-order valence-corrected chi connectivity index (χ0v) is 90.9. The number of likely N-dealkylation sites (N-methyl/N-ethyl adjacent to an activating group) is 6. The monoisotopic (exact) mass is 2250 g/mol. The summed E-state index contributed by atoms with van der Waals surface area (Å²) in [5.41, 5.74) is 24.6. The van der Waals surface area contributed by atoms with Crippen LogP contribution in [0.2, 0.25) is 0 Å². The minimum Gasteiger partial charge on any atom is -0.493 e. The van der Waals surface area contributed by atoms with E-state index in [1.54, 1.807) is 42.3 Å². The first-order valence-corrected chi connectivity index (χ1v) is 50.4. The lowest BCUT2D eigenvalue weighted by atomic mass is 9.96. The van der Waals surface area contributed by atoms with Crippen LogP contribution < -0.4 is 65.1 Å². The van der Waals surface area contributed by atoms with Crippen molar-refractivity contribution in [3.8, 4) is 40.2 Å². The van der Waals surface area contributed by atoms with Gasteiger partial charge in [-0.15, -0.1) is 0 Å². The molecule has 0 saturated heterocycles. The fraction of sp³-hybridized carbons (Fsp3) is 0.304. The number of rotatable bonds is 35. The van der Waals surface area contributed by atoms with Gasteiger partial charge in [0.25, 0.3) is 0 Å². The quantitative estimate of drug-likeness (QED) is 0.0195. The predicted octanol–water partition coefficient (Wildman–Crippen LogP) is 23.7. The molecule has 6 amide bonds. The number of carbonyl (C=O) groups excluding carboxylic acids is 6. The smallest absolute Gasteiger partial charge is 0.224 e. The summed E-state index contributed by atoms with van der Waals surface area (Å²) in [5, 5.41) is 25.5. The number of hydrogen-bond acceptors (Lipinski definition) is 14. The Kier molecular flexibility index (Phi) is 47.2. The van der Waals surface area contributed by atoms with Crippen molar-refractivity contribution >= 4 is 131 Å². The molecule has 1 fully saturated rings. The predicted molar refractivity (Wildman–Crippen MR) is 572 cm³/mol. The minimum absolute atomic E-state index is 0.00312. The van der Waals surface area contributed by atoms with Crippen molar-refractivity contribution in [2.24, 2.45) is 0 Å². The summed E-state index contributed by atoms with van der Waals surface area (Å²) < 4.78 is 47.1. The lowest BCUT2D eigenvalue weighted by Crippen LogP contribution is -2.21. The average molecular weight is 2260 g/mol. The van der Waals surface area contributed by atoms with Gasteiger partial charge in [-0.25, -0.2) is 0 Å². The van der Waals surface area contributed by atoms with Crippen LogP contribution in [0.3, 0.4) is 0 Å². The number of nitrogens with one attached hydrogen (secondary N) is 6. The molecule has 0 aliphatic heterocycles. The number of benzene rings is 12. The topological polar surface area (TPSA) is 259 Å². The Bertz CT molecular complexity index is 5890. The van der Waals surface area contributed by atoms with Crippen molar-refractivity contribution in [3.05, 3.63) is 373 Å². The van der Waals surface area contributed by atoms with Crippen LogP contribution in [0.15, 0.2) is 245 Å². The first-order valence-electron chi connectivity index (χ1n) is 45.6. The zero-order chi connectivity index (χ0) is 100. The van der Waals surface area contributed by atoms with Gasteiger partial charge in [0.1, 0.15) is 79.9 Å². The van der Waals surface area contributed by atoms with Gasteiger partial charge < -0.3 is 70.2 Å². The summed E-state index contributed by atoms with van der Waals surface area (Å²) in [6.07, 6.45) is 5.43. The molecule has 26 heteroatoms. The highest BCUT2D eigenvalue weighted by atomic mass is 79.9. The molecule has 1 aliphatic rings. The standard InChI is InChI=1S/C20H22BrNO2.C19H22BrNO3.C19H22BrNO2.C18H20BrNO3.2C18H20BrNO2/c1-13-6-9-19(18(21)10-13)24-12-17-15(11-20(23)22-2)4-3-5-16(17)14-7-8-14;1-4-23-17-7-5-6-14(11-19(22)21-3)15(17)12-24-18-9-8-13(2)10-16(18)20;1-4-14-6-5-7-15(11-19(22)21-3)16(14)12-23-18-9-8-13(2)10-17(18)20;1-12-6-7-17(16(19)8-12)23-11-15-13(9-18(22)20-2)4-3-5-14(15)10-21;2*1-12-7-8-17(16(19)9-12)22-11-15-13(2)5-4-6-14(15)10-18(21)20-3/h3-6,9-10,14H,7-8,11-12H2,1-2H3,(H,22,23);5-10H,4,11-12H2,1-3H3,(H,21,22);5-10H,4,11-12H2,1-3H3,(H,21,22);3-8,21H,9-11H2,1-2H3,(H,20,22);2*4-9H,10-11H2,1-3H3,(H,20,21). The van der Waals surface area contributed by atoms with Crippen molar-refractivity contribution in [1.82, 2.24) is 31.9 Å². The normalized spacial score (nSPS) is 10.9. The first-order chi connectivity index (χ1) is 66.2. The van der Waals surface area contributed by atoms with Gasteiger partial charge in [-0.05, 0) is 384 Å². The maximum Gasteiger partial charge on any atom is 0.224 e. The SMILES string of the molecule is CCOc1cccc(CC(=O)NC)c1COc1ccc(C)cc1Br.CCc1cccc(CC(=O)NC)c1COc1ccc(C)cc1Br.CNC(=O)Cc1cccc(C)c1COc1ccc(C)cc1Br.CNC(=O)Cc1cccc(C)c1COc1ccc(C)cc1Br.CNC(=O)Cc1cccc(C2CC2)c1COc1ccc(C)cc1Br.CNC(=O)Cc1cccc(CO)c1COc1ccc(C)cc1Br. The molecule has 0 bridgehead atoms. The molecule has 0 heterocycles. The summed E-state index contributed by atoms with van der Waals surface area (Å²) in [5.74, 6) is 6.05. The third kappa shape index (κ3) is 36.0. The van der Waals surface area contributed by atoms with Crippen LogP contribution in [0.1, 0.15) is 161 Å². The van der Waals surface area contributed by atoms with Crippen LogP contribution in [-0.2, 0) is 120 Å². The molecule has 0 radical (unpaired) electrons. The van der Waals surface area contributed by atoms with Crippen LogP contribution in [0.5, 0.6) is 40.2 Å². The number of aliphatic hydroxyl groups excluding tert-OH is 1. The summed E-state index contributed by atoms with van der Waals surface area (Å²) in [6, 6.07) is 71.5. The van der Waals surface area contributed by atoms with E-state index in [1.165, 1.54) is 46.2 Å². The Balaban J connectivity index is 0.000000203. The third-order valence-corrected chi connectivity index (χ3v) is 26.4. The van der Waals surface area contributed by atoms with Crippen LogP contribution in [0, 0.1) is 55.4 Å². The highest BCUT2D eigenvalue weighted by Crippen LogP contribution is 2.44. The third-order valence-electron chi connectivity index (χ3n) is 22.7. The van der Waals surface area contributed by atoms with E-state index in [9.17, 15) is 33.9 Å². The maximum atomic E-state index is 11.8. The van der Waals surface area contributed by atoms with Crippen molar-refractivity contribution in [2.45, 2.75) is 179 Å². The summed E-state index contributed by atoms with van der Waals surface area (Å²) in [6.45, 7) is 23.3. The van der Waals surface area contributed by atoms with Crippen molar-refractivity contribution in [2.75, 3.05) is 48.9 Å². The number of hydrogen-bond donors (Lipinski definition) is 7. The van der Waals surface area contributed by atoms with Gasteiger partial charge in [0.15, 0.2) is 0 Å². The molecule has 20 nitrogen and oxygen atoms in total. The van der Waals surface area contributed by atoms with Crippen LogP contribution in [-0.4, -0.2) is 89.4 Å². The lowest BCUT2D eigenvalue weighted by Gasteiger charge is -2.16. The maximum absolute atomic E-state index is 11.8. The van der Waals surface area contributed by atoms with Crippen LogP contribution in [0.25, 0.3) is 0 Å². The highest BCUT2D eigenvalue weighted by Gasteiger charge is 2.28. The van der Waals surface area contributed by atoms with Crippen molar-refractivity contribution in [3.63, 3.8) is 0 Å². The molecule has 12 aromatic carbocycles. The van der Waals surface area contributed by atoms with Crippen LogP contribution >= 0.6 is 95.6 Å². The second-order valence-corrected chi connectivity index (χ2v) is 38.2. The second kappa shape index (κ2) is 58.1. The van der Waals surface area contributed by atoms with Gasteiger partial charge in [0.2, 0.25) is 35.4 Å². The highest BCUT2D eigenvalue weighted by molar-refractivity contribution is 9.11. The summed E-state index contributed by atoms with van der Waals surface area (Å²) >= 11 is 21.1. The first kappa shape index (κ1) is 112. The molecule has 0 spiro atoms. The van der Waals surface area contributed by atoms with Crippen LogP contribution in [0.4, 0.5) is 0 Å². The lowest BCUT2D eigenvalue weighted by molar-refractivity contribution is -0.120. The number of halogens is 6. The Morgan fingerprint density at radius 3 is 0.783 bits per heavy atom. The molecule has 138 heavy (non-hydrogen) atoms. The molecule has 0 aromatic heterocycles. The van der Waals surface area contributed by atoms with Gasteiger partial charge in [-0.1, -0.05) is 146 Å². The molecule has 7 N–H and O–H groups in total. The van der Waals surface area contributed by atoms with Gasteiger partial charge in [0, 0.05) is 47.8 Å². The second-order valence-electron chi connectivity index (χ2n) is 33.1. The van der Waals surface area contributed by atoms with E-state index in [1.807, 2.05) is 256 Å². The summed E-state index contributed by atoms with van der Waals surface area (Å²) in [7, 11) is 9.87. The Morgan fingerprint density at radius 1 is 0.275 bits per heavy atom. The minimum atomic E-state index is -0.0880. The number of aryl methyl sites for hydroxylation is 9. The number of ether oxygens (including phenoxy) is 7.